The smallest absolute Gasteiger partial charge is 0.251 e. The maximum Gasteiger partial charge on any atom is 0.251 e. The molecule has 1 amide bonds. The minimum atomic E-state index is -0.142. The van der Waals surface area contributed by atoms with Crippen LogP contribution in [0.15, 0.2) is 18.3 Å². The van der Waals surface area contributed by atoms with E-state index in [0.29, 0.717) is 17.9 Å². The molecule has 0 radical (unpaired) electrons. The first-order chi connectivity index (χ1) is 15.5. The van der Waals surface area contributed by atoms with Crippen LogP contribution < -0.4 is 26.6 Å². The molecule has 0 saturated carbocycles. The van der Waals surface area contributed by atoms with Gasteiger partial charge in [-0.25, -0.2) is 4.98 Å². The van der Waals surface area contributed by atoms with Gasteiger partial charge >= 0.3 is 0 Å². The van der Waals surface area contributed by atoms with Crippen LogP contribution in [-0.4, -0.2) is 62.9 Å². The Labute approximate surface area is 193 Å². The minimum absolute atomic E-state index is 0.0186. The first-order valence-corrected chi connectivity index (χ1v) is 11.7. The first kappa shape index (κ1) is 22.9. The highest BCUT2D eigenvalue weighted by Crippen LogP contribution is 2.19. The number of hydrogen-bond acceptors (Lipinski definition) is 8. The molecule has 5 N–H and O–H groups in total. The molecule has 4 heterocycles. The maximum absolute atomic E-state index is 12.8. The molecule has 174 valence electrons. The van der Waals surface area contributed by atoms with Gasteiger partial charge in [-0.2, -0.15) is 0 Å². The van der Waals surface area contributed by atoms with Crippen molar-refractivity contribution in [2.24, 2.45) is 7.05 Å². The van der Waals surface area contributed by atoms with Crippen molar-refractivity contribution in [3.05, 3.63) is 35.5 Å². The Hall–Kier alpha value is -2.27. The standard InChI is InChI=1S/C21H32ClN9O/c1-13(19-15(22)4-3-7-25-19)28-21(32)14-5-9-24-17(10-14)26-11-18-29-30-20(31(18)2)16-6-8-23-12-27-16/h5,9-10,13,15-16,19,23,25,27H,3-4,6-8,11-12H2,1-2H3,(H,24,26)(H,28,32)/t13-,15?,16?,19?/m1/s1. The van der Waals surface area contributed by atoms with E-state index in [0.717, 1.165) is 50.7 Å². The van der Waals surface area contributed by atoms with Gasteiger partial charge in [0, 0.05) is 37.6 Å². The average Bonchev–Trinajstić information content (AvgIpc) is 3.19. The molecule has 0 spiro atoms. The summed E-state index contributed by atoms with van der Waals surface area (Å²) in [6.45, 7) is 5.10. The van der Waals surface area contributed by atoms with Gasteiger partial charge < -0.3 is 25.8 Å². The van der Waals surface area contributed by atoms with E-state index >= 15 is 0 Å². The molecule has 32 heavy (non-hydrogen) atoms. The van der Waals surface area contributed by atoms with E-state index in [-0.39, 0.29) is 29.4 Å². The van der Waals surface area contributed by atoms with Crippen LogP contribution in [0.5, 0.6) is 0 Å². The van der Waals surface area contributed by atoms with Gasteiger partial charge in [-0.1, -0.05) is 0 Å². The van der Waals surface area contributed by atoms with Crippen molar-refractivity contribution in [1.29, 1.82) is 0 Å². The molecule has 2 aliphatic heterocycles. The van der Waals surface area contributed by atoms with E-state index in [4.69, 9.17) is 11.6 Å². The van der Waals surface area contributed by atoms with Crippen LogP contribution in [0.1, 0.15) is 54.2 Å². The summed E-state index contributed by atoms with van der Waals surface area (Å²) in [7, 11) is 1.97. The fourth-order valence-electron chi connectivity index (χ4n) is 4.27. The summed E-state index contributed by atoms with van der Waals surface area (Å²) in [5.74, 6) is 2.20. The van der Waals surface area contributed by atoms with Crippen LogP contribution in [0.25, 0.3) is 0 Å². The van der Waals surface area contributed by atoms with E-state index in [1.54, 1.807) is 18.3 Å². The number of hydrogen-bond donors (Lipinski definition) is 5. The lowest BCUT2D eigenvalue weighted by Gasteiger charge is -2.33. The number of nitrogens with zero attached hydrogens (tertiary/aromatic N) is 4. The van der Waals surface area contributed by atoms with Crippen LogP contribution in [-0.2, 0) is 13.6 Å². The zero-order valence-corrected chi connectivity index (χ0v) is 19.3. The molecule has 3 unspecified atom stereocenters. The number of carbonyl (C=O) groups excluding carboxylic acids is 1. The molecule has 2 aromatic rings. The second kappa shape index (κ2) is 10.6. The number of anilines is 1. The molecule has 4 rings (SSSR count). The Balaban J connectivity index is 1.35. The Morgan fingerprint density at radius 2 is 2.19 bits per heavy atom. The lowest BCUT2D eigenvalue weighted by atomic mass is 9.98. The normalized spacial score (nSPS) is 24.7. The summed E-state index contributed by atoms with van der Waals surface area (Å²) < 4.78 is 2.01. The van der Waals surface area contributed by atoms with Crippen LogP contribution in [0.4, 0.5) is 5.82 Å². The summed E-state index contributed by atoms with van der Waals surface area (Å²) in [6.07, 6.45) is 4.62. The van der Waals surface area contributed by atoms with Crippen molar-refractivity contribution >= 4 is 23.3 Å². The van der Waals surface area contributed by atoms with Gasteiger partial charge in [-0.15, -0.1) is 21.8 Å². The molecule has 2 fully saturated rings. The van der Waals surface area contributed by atoms with Crippen molar-refractivity contribution in [1.82, 2.24) is 41.0 Å². The van der Waals surface area contributed by atoms with Crippen LogP contribution >= 0.6 is 11.6 Å². The zero-order chi connectivity index (χ0) is 22.5. The topological polar surface area (TPSA) is 121 Å². The Bertz CT molecular complexity index is 914. The molecular formula is C21H32ClN9O. The summed E-state index contributed by atoms with van der Waals surface area (Å²) in [6, 6.07) is 3.65. The molecular weight excluding hydrogens is 430 g/mol. The SMILES string of the molecule is C[C@@H](NC(=O)c1ccnc(NCc2nnc(C3CCNCN3)n2C)c1)C1NCCCC1Cl. The van der Waals surface area contributed by atoms with Crippen molar-refractivity contribution in [3.63, 3.8) is 0 Å². The number of rotatable bonds is 7. The first-order valence-electron chi connectivity index (χ1n) is 11.2. The fourth-order valence-corrected chi connectivity index (χ4v) is 4.73. The number of piperidine rings is 1. The molecule has 10 nitrogen and oxygen atoms in total. The molecule has 0 aliphatic carbocycles. The Morgan fingerprint density at radius 3 is 2.97 bits per heavy atom. The van der Waals surface area contributed by atoms with Crippen LogP contribution in [0, 0.1) is 0 Å². The van der Waals surface area contributed by atoms with Gasteiger partial charge in [0.2, 0.25) is 0 Å². The predicted molar refractivity (Wildman–Crippen MR) is 124 cm³/mol. The molecule has 2 aromatic heterocycles. The van der Waals surface area contributed by atoms with Gasteiger partial charge in [0.05, 0.1) is 18.0 Å². The van der Waals surface area contributed by atoms with Crippen molar-refractivity contribution in [2.75, 3.05) is 25.1 Å². The van der Waals surface area contributed by atoms with E-state index in [1.807, 2.05) is 18.5 Å². The van der Waals surface area contributed by atoms with Gasteiger partial charge in [0.15, 0.2) is 5.82 Å². The van der Waals surface area contributed by atoms with E-state index in [1.165, 1.54) is 0 Å². The van der Waals surface area contributed by atoms with Gasteiger partial charge in [0.1, 0.15) is 11.6 Å². The third-order valence-electron chi connectivity index (χ3n) is 6.17. The lowest BCUT2D eigenvalue weighted by Crippen LogP contribution is -2.55. The number of amides is 1. The van der Waals surface area contributed by atoms with E-state index < -0.39 is 0 Å². The summed E-state index contributed by atoms with van der Waals surface area (Å²) >= 11 is 6.44. The van der Waals surface area contributed by atoms with E-state index in [9.17, 15) is 4.79 Å². The van der Waals surface area contributed by atoms with Gasteiger partial charge in [-0.3, -0.25) is 10.1 Å². The number of carbonyl (C=O) groups is 1. The Kier molecular flexibility index (Phi) is 7.56. The summed E-state index contributed by atoms with van der Waals surface area (Å²) in [4.78, 5) is 17.1. The van der Waals surface area contributed by atoms with Gasteiger partial charge in [-0.05, 0) is 51.4 Å². The molecule has 0 bridgehead atoms. The number of halogens is 1. The van der Waals surface area contributed by atoms with Crippen molar-refractivity contribution < 1.29 is 4.79 Å². The second-order valence-corrected chi connectivity index (χ2v) is 9.00. The third-order valence-corrected chi connectivity index (χ3v) is 6.66. The van der Waals surface area contributed by atoms with Gasteiger partial charge in [0.25, 0.3) is 5.91 Å². The summed E-state index contributed by atoms with van der Waals surface area (Å²) in [5, 5.41) is 25.1. The molecule has 11 heteroatoms. The largest absolute Gasteiger partial charge is 0.363 e. The number of pyridine rings is 1. The molecule has 0 aromatic carbocycles. The zero-order valence-electron chi connectivity index (χ0n) is 18.6. The van der Waals surface area contributed by atoms with Crippen LogP contribution in [0.3, 0.4) is 0 Å². The Morgan fingerprint density at radius 1 is 1.31 bits per heavy atom. The number of aromatic nitrogens is 4. The third kappa shape index (κ3) is 5.37. The number of alkyl halides is 1. The quantitative estimate of drug-likeness (QED) is 0.385. The molecule has 2 saturated heterocycles. The molecule has 2 aliphatic rings. The second-order valence-electron chi connectivity index (χ2n) is 8.44. The average molecular weight is 462 g/mol. The fraction of sp³-hybridized carbons (Fsp3) is 0.619. The van der Waals surface area contributed by atoms with Crippen molar-refractivity contribution in [3.8, 4) is 0 Å². The highest BCUT2D eigenvalue weighted by molar-refractivity contribution is 6.21. The van der Waals surface area contributed by atoms with Crippen LogP contribution in [0.2, 0.25) is 0 Å². The monoisotopic (exact) mass is 461 g/mol. The summed E-state index contributed by atoms with van der Waals surface area (Å²) in [5.41, 5.74) is 0.550. The maximum atomic E-state index is 12.8. The van der Waals surface area contributed by atoms with Crippen molar-refractivity contribution in [2.45, 2.75) is 56.2 Å². The lowest BCUT2D eigenvalue weighted by molar-refractivity contribution is 0.0928. The highest BCUT2D eigenvalue weighted by atomic mass is 35.5. The molecule has 4 atom stereocenters. The minimum Gasteiger partial charge on any atom is -0.363 e. The predicted octanol–water partition coefficient (Wildman–Crippen LogP) is 0.881. The highest BCUT2D eigenvalue weighted by Gasteiger charge is 2.29. The van der Waals surface area contributed by atoms with E-state index in [2.05, 4.69) is 41.8 Å². The number of nitrogens with one attached hydrogen (secondary N) is 5.